The topological polar surface area (TPSA) is 83.4 Å². The number of esters is 2. The van der Waals surface area contributed by atoms with Crippen molar-refractivity contribution in [2.45, 2.75) is 6.92 Å². The molecule has 0 radical (unpaired) electrons. The minimum atomic E-state index is -0.614. The van der Waals surface area contributed by atoms with Crippen LogP contribution in [-0.4, -0.2) is 32.1 Å². The molecule has 0 saturated carbocycles. The first-order chi connectivity index (χ1) is 13.8. The normalized spacial score (nSPS) is 14.4. The number of benzene rings is 2. The van der Waals surface area contributed by atoms with Gasteiger partial charge in [0.1, 0.15) is 0 Å². The van der Waals surface area contributed by atoms with E-state index in [1.165, 1.54) is 27.2 Å². The van der Waals surface area contributed by atoms with E-state index >= 15 is 0 Å². The second-order valence-corrected chi connectivity index (χ2v) is 7.46. The number of cyclic esters (lactones) is 1. The van der Waals surface area contributed by atoms with Crippen LogP contribution >= 0.6 is 34.2 Å². The molecule has 0 atom stereocenters. The average Bonchev–Trinajstić information content (AvgIpc) is 3.04. The van der Waals surface area contributed by atoms with Gasteiger partial charge in [0, 0.05) is 10.5 Å². The maximum absolute atomic E-state index is 12.3. The predicted octanol–water partition coefficient (Wildman–Crippen LogP) is 4.23. The van der Waals surface area contributed by atoms with Crippen LogP contribution in [0.1, 0.15) is 18.1 Å². The van der Waals surface area contributed by atoms with Crippen molar-refractivity contribution in [2.24, 2.45) is 4.99 Å². The maximum atomic E-state index is 12.3. The quantitative estimate of drug-likeness (QED) is 0.250. The van der Waals surface area contributed by atoms with E-state index in [0.717, 1.165) is 3.57 Å². The van der Waals surface area contributed by atoms with Crippen LogP contribution in [0.2, 0.25) is 5.02 Å². The Kier molecular flexibility index (Phi) is 6.43. The maximum Gasteiger partial charge on any atom is 0.363 e. The van der Waals surface area contributed by atoms with Crippen molar-refractivity contribution < 1.29 is 28.5 Å². The minimum absolute atomic E-state index is 0.0827. The summed E-state index contributed by atoms with van der Waals surface area (Å²) >= 11 is 8.33. The van der Waals surface area contributed by atoms with Crippen LogP contribution in [0.15, 0.2) is 41.0 Å². The summed E-state index contributed by atoms with van der Waals surface area (Å²) in [4.78, 5) is 27.9. The highest BCUT2D eigenvalue weighted by Crippen LogP contribution is 2.39. The van der Waals surface area contributed by atoms with E-state index in [9.17, 15) is 9.59 Å². The molecule has 2 aromatic carbocycles. The van der Waals surface area contributed by atoms with Crippen molar-refractivity contribution in [1.29, 1.82) is 0 Å². The summed E-state index contributed by atoms with van der Waals surface area (Å²) in [5.74, 6) is -0.327. The lowest BCUT2D eigenvalue weighted by atomic mass is 10.1. The number of ether oxygens (including phenoxy) is 4. The van der Waals surface area contributed by atoms with Crippen molar-refractivity contribution in [1.82, 2.24) is 0 Å². The first kappa shape index (κ1) is 21.1. The molecule has 29 heavy (non-hydrogen) atoms. The number of rotatable bonds is 5. The Hall–Kier alpha value is -2.59. The standard InChI is InChI=1S/C20H15ClINO6/c1-10(24)28-18-16(26-2)7-11(8-17(18)27-3)6-15-20(25)29-19(23-15)13-9-12(22)4-5-14(13)21/h4-9H,1-3H3/b15-6-. The van der Waals surface area contributed by atoms with Crippen LogP contribution in [-0.2, 0) is 14.3 Å². The second kappa shape index (κ2) is 8.83. The molecule has 1 heterocycles. The molecule has 0 N–H and O–H groups in total. The van der Waals surface area contributed by atoms with Gasteiger partial charge in [-0.3, -0.25) is 4.79 Å². The SMILES string of the molecule is COc1cc(/C=C2\N=C(c3cc(I)ccc3Cl)OC2=O)cc(OC)c1OC(C)=O. The molecule has 0 saturated heterocycles. The van der Waals surface area contributed by atoms with E-state index in [0.29, 0.717) is 16.1 Å². The molecule has 0 amide bonds. The summed E-state index contributed by atoms with van der Waals surface area (Å²) < 4.78 is 21.9. The van der Waals surface area contributed by atoms with Crippen LogP contribution in [0, 0.1) is 3.57 Å². The predicted molar refractivity (Wildman–Crippen MR) is 116 cm³/mol. The van der Waals surface area contributed by atoms with Crippen LogP contribution in [0.5, 0.6) is 17.2 Å². The lowest BCUT2D eigenvalue weighted by Crippen LogP contribution is -2.06. The first-order valence-electron chi connectivity index (χ1n) is 8.24. The van der Waals surface area contributed by atoms with Gasteiger partial charge >= 0.3 is 11.9 Å². The van der Waals surface area contributed by atoms with Gasteiger partial charge in [-0.1, -0.05) is 11.6 Å². The third-order valence-electron chi connectivity index (χ3n) is 3.81. The van der Waals surface area contributed by atoms with Crippen molar-refractivity contribution in [3.63, 3.8) is 0 Å². The molecule has 2 aromatic rings. The summed E-state index contributed by atoms with van der Waals surface area (Å²) in [7, 11) is 2.86. The lowest BCUT2D eigenvalue weighted by Gasteiger charge is -2.13. The van der Waals surface area contributed by atoms with Crippen LogP contribution in [0.3, 0.4) is 0 Å². The number of nitrogens with zero attached hydrogens (tertiary/aromatic N) is 1. The fourth-order valence-corrected chi connectivity index (χ4v) is 3.26. The van der Waals surface area contributed by atoms with Gasteiger partial charge in [0.25, 0.3) is 0 Å². The highest BCUT2D eigenvalue weighted by Gasteiger charge is 2.26. The third-order valence-corrected chi connectivity index (χ3v) is 4.81. The van der Waals surface area contributed by atoms with Gasteiger partial charge in [-0.2, -0.15) is 0 Å². The molecule has 0 unspecified atom stereocenters. The van der Waals surface area contributed by atoms with E-state index in [1.54, 1.807) is 24.3 Å². The van der Waals surface area contributed by atoms with Crippen LogP contribution in [0.25, 0.3) is 6.08 Å². The van der Waals surface area contributed by atoms with E-state index in [2.05, 4.69) is 27.6 Å². The lowest BCUT2D eigenvalue weighted by molar-refractivity contribution is -0.132. The van der Waals surface area contributed by atoms with Crippen molar-refractivity contribution in [2.75, 3.05) is 14.2 Å². The zero-order valence-corrected chi connectivity index (χ0v) is 18.5. The molecule has 150 valence electrons. The van der Waals surface area contributed by atoms with Gasteiger partial charge < -0.3 is 18.9 Å². The van der Waals surface area contributed by atoms with Gasteiger partial charge in [-0.15, -0.1) is 0 Å². The summed E-state index contributed by atoms with van der Waals surface area (Å²) in [6, 6.07) is 8.50. The van der Waals surface area contributed by atoms with Crippen molar-refractivity contribution in [3.05, 3.63) is 55.7 Å². The fourth-order valence-electron chi connectivity index (χ4n) is 2.57. The number of carbonyl (C=O) groups is 2. The first-order valence-corrected chi connectivity index (χ1v) is 9.70. The summed E-state index contributed by atoms with van der Waals surface area (Å²) in [6.07, 6.45) is 1.51. The smallest absolute Gasteiger partial charge is 0.363 e. The monoisotopic (exact) mass is 527 g/mol. The number of hydrogen-bond donors (Lipinski definition) is 0. The van der Waals surface area contributed by atoms with Gasteiger partial charge in [-0.25, -0.2) is 9.79 Å². The molecular weight excluding hydrogens is 513 g/mol. The second-order valence-electron chi connectivity index (χ2n) is 5.81. The number of hydrogen-bond acceptors (Lipinski definition) is 7. The van der Waals surface area contributed by atoms with E-state index in [4.69, 9.17) is 30.5 Å². The van der Waals surface area contributed by atoms with E-state index in [1.807, 2.05) is 6.07 Å². The largest absolute Gasteiger partial charge is 0.493 e. The van der Waals surface area contributed by atoms with Crippen LogP contribution < -0.4 is 14.2 Å². The van der Waals surface area contributed by atoms with Gasteiger partial charge in [0.2, 0.25) is 11.6 Å². The Bertz CT molecular complexity index is 1040. The molecule has 0 bridgehead atoms. The van der Waals surface area contributed by atoms with Gasteiger partial charge in [0.05, 0.1) is 24.8 Å². The summed E-state index contributed by atoms with van der Waals surface area (Å²) in [6.45, 7) is 1.27. The number of halogens is 2. The average molecular weight is 528 g/mol. The summed E-state index contributed by atoms with van der Waals surface area (Å²) in [5, 5.41) is 0.423. The van der Waals surface area contributed by atoms with E-state index in [-0.39, 0.29) is 28.8 Å². The minimum Gasteiger partial charge on any atom is -0.493 e. The summed E-state index contributed by atoms with van der Waals surface area (Å²) in [5.41, 5.74) is 1.15. The molecule has 0 aliphatic carbocycles. The Balaban J connectivity index is 2.03. The van der Waals surface area contributed by atoms with Crippen molar-refractivity contribution >= 4 is 58.1 Å². The molecule has 1 aliphatic rings. The molecule has 7 nitrogen and oxygen atoms in total. The van der Waals surface area contributed by atoms with Gasteiger partial charge in [0.15, 0.2) is 17.2 Å². The zero-order chi connectivity index (χ0) is 21.1. The molecule has 1 aliphatic heterocycles. The van der Waals surface area contributed by atoms with Crippen molar-refractivity contribution in [3.8, 4) is 17.2 Å². The molecule has 9 heteroatoms. The molecular formula is C20H15ClINO6. The third kappa shape index (κ3) is 4.70. The molecule has 0 spiro atoms. The Morgan fingerprint density at radius 2 is 1.83 bits per heavy atom. The van der Waals surface area contributed by atoms with E-state index < -0.39 is 11.9 Å². The molecule has 0 aromatic heterocycles. The highest BCUT2D eigenvalue weighted by atomic mass is 127. The number of methoxy groups -OCH3 is 2. The number of carbonyl (C=O) groups excluding carboxylic acids is 2. The zero-order valence-electron chi connectivity index (χ0n) is 15.6. The Labute approximate surface area is 185 Å². The van der Waals surface area contributed by atoms with Gasteiger partial charge in [-0.05, 0) is 64.6 Å². The highest BCUT2D eigenvalue weighted by molar-refractivity contribution is 14.1. The Morgan fingerprint density at radius 3 is 2.41 bits per heavy atom. The Morgan fingerprint density at radius 1 is 1.17 bits per heavy atom. The molecule has 3 rings (SSSR count). The van der Waals surface area contributed by atoms with Crippen LogP contribution in [0.4, 0.5) is 0 Å². The number of aliphatic imine (C=N–C) groups is 1. The molecule has 0 fully saturated rings. The fraction of sp³-hybridized carbons (Fsp3) is 0.150.